The maximum atomic E-state index is 13.1. The molecule has 8 nitrogen and oxygen atoms in total. The lowest BCUT2D eigenvalue weighted by molar-refractivity contribution is -0.145. The fraction of sp³-hybridized carbons (Fsp3) is 0.429. The van der Waals surface area contributed by atoms with E-state index < -0.39 is 17.8 Å². The van der Waals surface area contributed by atoms with Gasteiger partial charge in [-0.1, -0.05) is 79.9 Å². The normalized spacial score (nSPS) is 20.0. The minimum Gasteiger partial charge on any atom is -0.339 e. The highest BCUT2D eigenvalue weighted by Gasteiger charge is 2.48. The highest BCUT2D eigenvalue weighted by atomic mass is 16.2. The van der Waals surface area contributed by atoms with Crippen LogP contribution in [0.25, 0.3) is 0 Å². The topological polar surface area (TPSA) is 81.2 Å². The molecule has 8 heteroatoms. The van der Waals surface area contributed by atoms with E-state index in [1.54, 1.807) is 4.90 Å². The van der Waals surface area contributed by atoms with Crippen molar-refractivity contribution in [3.63, 3.8) is 0 Å². The minimum atomic E-state index is -0.884. The van der Waals surface area contributed by atoms with Gasteiger partial charge in [0.25, 0.3) is 0 Å². The average Bonchev–Trinajstić information content (AvgIpc) is 3.14. The summed E-state index contributed by atoms with van der Waals surface area (Å²) in [5.41, 5.74) is 2.39. The molecule has 0 spiro atoms. The van der Waals surface area contributed by atoms with Gasteiger partial charge in [0.1, 0.15) is 6.54 Å². The van der Waals surface area contributed by atoms with Gasteiger partial charge in [0.2, 0.25) is 5.91 Å². The van der Waals surface area contributed by atoms with Crippen molar-refractivity contribution in [2.75, 3.05) is 32.7 Å². The summed E-state index contributed by atoms with van der Waals surface area (Å²) in [5, 5.41) is 0. The third kappa shape index (κ3) is 4.78. The number of carbonyl (C=O) groups excluding carboxylic acids is 4. The van der Waals surface area contributed by atoms with Crippen molar-refractivity contribution in [2.24, 2.45) is 0 Å². The maximum absolute atomic E-state index is 13.1. The number of rotatable bonds is 6. The van der Waals surface area contributed by atoms with Gasteiger partial charge in [0, 0.05) is 32.2 Å². The molecule has 0 unspecified atom stereocenters. The summed E-state index contributed by atoms with van der Waals surface area (Å²) in [5.74, 6) is -1.98. The number of carbonyl (C=O) groups is 4. The van der Waals surface area contributed by atoms with Crippen molar-refractivity contribution < 1.29 is 19.2 Å². The molecule has 0 radical (unpaired) electrons. The van der Waals surface area contributed by atoms with Crippen LogP contribution in [0.1, 0.15) is 49.3 Å². The molecule has 2 aromatic carbocycles. The fourth-order valence-electron chi connectivity index (χ4n) is 5.67. The van der Waals surface area contributed by atoms with Crippen molar-refractivity contribution in [1.29, 1.82) is 0 Å². The molecule has 0 atom stereocenters. The van der Waals surface area contributed by atoms with Gasteiger partial charge in [0.15, 0.2) is 0 Å². The molecule has 3 aliphatic rings. The van der Waals surface area contributed by atoms with E-state index in [1.165, 1.54) is 11.1 Å². The predicted octanol–water partition coefficient (Wildman–Crippen LogP) is 3.04. The third-order valence-corrected chi connectivity index (χ3v) is 7.58. The van der Waals surface area contributed by atoms with Crippen LogP contribution in [0.2, 0.25) is 0 Å². The van der Waals surface area contributed by atoms with E-state index in [4.69, 9.17) is 0 Å². The van der Waals surface area contributed by atoms with Gasteiger partial charge in [0.05, 0.1) is 6.04 Å². The molecule has 1 saturated carbocycles. The molecule has 2 heterocycles. The Kier molecular flexibility index (Phi) is 7.13. The van der Waals surface area contributed by atoms with E-state index in [0.29, 0.717) is 26.2 Å². The predicted molar refractivity (Wildman–Crippen MR) is 134 cm³/mol. The summed E-state index contributed by atoms with van der Waals surface area (Å²) < 4.78 is 0. The largest absolute Gasteiger partial charge is 0.339 e. The zero-order chi connectivity index (χ0) is 25.1. The number of urea groups is 1. The van der Waals surface area contributed by atoms with Crippen LogP contribution in [0.5, 0.6) is 0 Å². The van der Waals surface area contributed by atoms with E-state index in [0.717, 1.165) is 41.9 Å². The van der Waals surface area contributed by atoms with Crippen LogP contribution in [0.4, 0.5) is 4.79 Å². The minimum absolute atomic E-state index is 0.0769. The number of piperazine rings is 1. The molecular formula is C28H32N4O4. The van der Waals surface area contributed by atoms with Crippen LogP contribution in [-0.4, -0.2) is 82.1 Å². The molecule has 188 valence electrons. The molecule has 5 amide bonds. The van der Waals surface area contributed by atoms with E-state index in [-0.39, 0.29) is 24.5 Å². The van der Waals surface area contributed by atoms with Crippen molar-refractivity contribution in [1.82, 2.24) is 19.6 Å². The van der Waals surface area contributed by atoms with Crippen molar-refractivity contribution in [3.05, 3.63) is 71.8 Å². The first-order valence-electron chi connectivity index (χ1n) is 12.9. The van der Waals surface area contributed by atoms with Crippen molar-refractivity contribution in [2.45, 2.75) is 44.2 Å². The molecule has 3 fully saturated rings. The third-order valence-electron chi connectivity index (χ3n) is 7.58. The first kappa shape index (κ1) is 24.2. The Morgan fingerprint density at radius 3 is 1.86 bits per heavy atom. The number of benzene rings is 2. The zero-order valence-corrected chi connectivity index (χ0v) is 20.4. The zero-order valence-electron chi connectivity index (χ0n) is 20.4. The smallest absolute Gasteiger partial charge is 0.334 e. The molecule has 2 aliphatic heterocycles. The second-order valence-corrected chi connectivity index (χ2v) is 9.78. The van der Waals surface area contributed by atoms with E-state index >= 15 is 0 Å². The Labute approximate surface area is 211 Å². The van der Waals surface area contributed by atoms with Gasteiger partial charge in [-0.2, -0.15) is 0 Å². The van der Waals surface area contributed by atoms with Crippen molar-refractivity contribution >= 4 is 23.8 Å². The summed E-state index contributed by atoms with van der Waals surface area (Å²) in [6.45, 7) is 1.93. The standard InChI is InChI=1S/C28H32N4O4/c33-24(20-31-26(34)27(35)32(28(31)36)23-14-8-3-9-15-23)29-16-18-30(19-17-29)25(21-10-4-1-5-11-21)22-12-6-2-7-13-22/h1-2,4-7,10-13,23,25H,3,8-9,14-20H2. The monoisotopic (exact) mass is 488 g/mol. The number of nitrogens with zero attached hydrogens (tertiary/aromatic N) is 4. The summed E-state index contributed by atoms with van der Waals surface area (Å²) >= 11 is 0. The summed E-state index contributed by atoms with van der Waals surface area (Å²) in [7, 11) is 0. The summed E-state index contributed by atoms with van der Waals surface area (Å²) in [6, 6.07) is 19.8. The Balaban J connectivity index is 1.23. The number of hydrogen-bond donors (Lipinski definition) is 0. The summed E-state index contributed by atoms with van der Waals surface area (Å²) in [6.07, 6.45) is 4.39. The van der Waals surface area contributed by atoms with Crippen LogP contribution >= 0.6 is 0 Å². The Bertz CT molecular complexity index is 1070. The maximum Gasteiger partial charge on any atom is 0.334 e. The molecule has 2 aromatic rings. The average molecular weight is 489 g/mol. The van der Waals surface area contributed by atoms with E-state index in [2.05, 4.69) is 29.2 Å². The highest BCUT2D eigenvalue weighted by Crippen LogP contribution is 2.30. The Morgan fingerprint density at radius 2 is 1.31 bits per heavy atom. The van der Waals surface area contributed by atoms with Gasteiger partial charge in [-0.25, -0.2) is 9.69 Å². The van der Waals surface area contributed by atoms with Gasteiger partial charge in [-0.3, -0.25) is 24.2 Å². The number of amides is 5. The van der Waals surface area contributed by atoms with E-state index in [9.17, 15) is 19.2 Å². The van der Waals surface area contributed by atoms with Gasteiger partial charge in [-0.15, -0.1) is 0 Å². The van der Waals surface area contributed by atoms with Crippen molar-refractivity contribution in [3.8, 4) is 0 Å². The molecule has 0 aromatic heterocycles. The molecule has 1 aliphatic carbocycles. The molecule has 0 bridgehead atoms. The highest BCUT2D eigenvalue weighted by molar-refractivity contribution is 6.45. The van der Waals surface area contributed by atoms with Crippen LogP contribution in [0, 0.1) is 0 Å². The lowest BCUT2D eigenvalue weighted by Gasteiger charge is -2.40. The quantitative estimate of drug-likeness (QED) is 0.461. The number of imide groups is 2. The number of hydrogen-bond acceptors (Lipinski definition) is 5. The second-order valence-electron chi connectivity index (χ2n) is 9.78. The molecule has 2 saturated heterocycles. The lowest BCUT2D eigenvalue weighted by Crippen LogP contribution is -2.52. The van der Waals surface area contributed by atoms with Gasteiger partial charge >= 0.3 is 17.8 Å². The molecule has 0 N–H and O–H groups in total. The molecular weight excluding hydrogens is 456 g/mol. The lowest BCUT2D eigenvalue weighted by atomic mass is 9.94. The first-order valence-corrected chi connectivity index (χ1v) is 12.9. The Hall–Kier alpha value is -3.52. The molecule has 36 heavy (non-hydrogen) atoms. The fourth-order valence-corrected chi connectivity index (χ4v) is 5.67. The van der Waals surface area contributed by atoms with Gasteiger partial charge < -0.3 is 4.90 Å². The molecule has 5 rings (SSSR count). The SMILES string of the molecule is O=C(CN1C(=O)C(=O)N(C2CCCCC2)C1=O)N1CCN(C(c2ccccc2)c2ccccc2)CC1. The van der Waals surface area contributed by atoms with Crippen LogP contribution in [0.3, 0.4) is 0 Å². The van der Waals surface area contributed by atoms with Gasteiger partial charge in [-0.05, 0) is 24.0 Å². The van der Waals surface area contributed by atoms with Crippen LogP contribution in [0.15, 0.2) is 60.7 Å². The van der Waals surface area contributed by atoms with Crippen LogP contribution < -0.4 is 0 Å². The second kappa shape index (κ2) is 10.6. The Morgan fingerprint density at radius 1 is 0.750 bits per heavy atom. The van der Waals surface area contributed by atoms with Crippen LogP contribution in [-0.2, 0) is 14.4 Å². The summed E-state index contributed by atoms with van der Waals surface area (Å²) in [4.78, 5) is 57.1. The first-order chi connectivity index (χ1) is 17.5. The van der Waals surface area contributed by atoms with E-state index in [1.807, 2.05) is 36.4 Å².